The van der Waals surface area contributed by atoms with Crippen LogP contribution in [0.25, 0.3) is 0 Å². The van der Waals surface area contributed by atoms with Crippen molar-refractivity contribution in [2.75, 3.05) is 0 Å². The molecular formula is C16H11NO5. The lowest BCUT2D eigenvalue weighted by Crippen LogP contribution is -2.33. The van der Waals surface area contributed by atoms with Crippen molar-refractivity contribution >= 4 is 17.8 Å². The van der Waals surface area contributed by atoms with E-state index in [0.717, 1.165) is 0 Å². The lowest BCUT2D eigenvalue weighted by atomic mass is 10.1. The molecule has 3 rings (SSSR count). The van der Waals surface area contributed by atoms with Crippen LogP contribution in [0.15, 0.2) is 48.5 Å². The van der Waals surface area contributed by atoms with E-state index in [9.17, 15) is 19.5 Å². The molecule has 6 heteroatoms. The Bertz CT molecular complexity index is 731. The Hall–Kier alpha value is -3.15. The molecule has 2 aromatic rings. The van der Waals surface area contributed by atoms with Gasteiger partial charge in [0.25, 0.3) is 11.8 Å². The Labute approximate surface area is 125 Å². The minimum atomic E-state index is -0.736. The fourth-order valence-electron chi connectivity index (χ4n) is 2.16. The normalized spacial score (nSPS) is 13.2. The van der Waals surface area contributed by atoms with Crippen molar-refractivity contribution in [3.63, 3.8) is 0 Å². The minimum Gasteiger partial charge on any atom is -0.508 e. The van der Waals surface area contributed by atoms with Gasteiger partial charge < -0.3 is 9.94 Å². The van der Waals surface area contributed by atoms with Crippen LogP contribution in [0.5, 0.6) is 5.75 Å². The second-order valence-corrected chi connectivity index (χ2v) is 4.76. The molecule has 1 heterocycles. The topological polar surface area (TPSA) is 83.9 Å². The molecular weight excluding hydrogens is 286 g/mol. The summed E-state index contributed by atoms with van der Waals surface area (Å²) in [6.45, 7) is 0. The summed E-state index contributed by atoms with van der Waals surface area (Å²) in [6.07, 6.45) is -0.117. The monoisotopic (exact) mass is 297 g/mol. The van der Waals surface area contributed by atoms with Gasteiger partial charge in [0.1, 0.15) is 5.75 Å². The van der Waals surface area contributed by atoms with Gasteiger partial charge in [0.2, 0.25) is 0 Å². The Morgan fingerprint density at radius 2 is 1.50 bits per heavy atom. The molecule has 0 radical (unpaired) electrons. The number of hydroxylamine groups is 2. The number of amides is 2. The number of nitrogens with zero attached hydrogens (tertiary/aromatic N) is 1. The van der Waals surface area contributed by atoms with E-state index in [1.807, 2.05) is 0 Å². The number of fused-ring (bicyclic) bond motifs is 1. The molecule has 1 aliphatic rings. The number of rotatable bonds is 3. The number of carbonyl (C=O) groups excluding carboxylic acids is 3. The van der Waals surface area contributed by atoms with Crippen molar-refractivity contribution in [3.05, 3.63) is 65.2 Å². The van der Waals surface area contributed by atoms with Gasteiger partial charge in [0, 0.05) is 0 Å². The summed E-state index contributed by atoms with van der Waals surface area (Å²) in [6, 6.07) is 12.2. The first-order chi connectivity index (χ1) is 10.6. The number of benzene rings is 2. The van der Waals surface area contributed by atoms with E-state index in [1.54, 1.807) is 24.3 Å². The van der Waals surface area contributed by atoms with Crippen LogP contribution in [0.3, 0.4) is 0 Å². The molecule has 1 aliphatic heterocycles. The fourth-order valence-corrected chi connectivity index (χ4v) is 2.16. The zero-order valence-electron chi connectivity index (χ0n) is 11.4. The zero-order chi connectivity index (χ0) is 15.7. The number of phenolic OH excluding ortho intramolecular Hbond substituents is 1. The fraction of sp³-hybridized carbons (Fsp3) is 0.0625. The maximum atomic E-state index is 12.0. The molecule has 0 unspecified atom stereocenters. The van der Waals surface area contributed by atoms with Crippen molar-refractivity contribution in [3.8, 4) is 5.75 Å². The molecule has 2 aromatic carbocycles. The second-order valence-electron chi connectivity index (χ2n) is 4.76. The van der Waals surface area contributed by atoms with Gasteiger partial charge in [-0.15, -0.1) is 0 Å². The summed E-state index contributed by atoms with van der Waals surface area (Å²) >= 11 is 0. The molecule has 0 saturated carbocycles. The number of aromatic hydroxyl groups is 1. The summed E-state index contributed by atoms with van der Waals surface area (Å²) in [5, 5.41) is 9.66. The Kier molecular flexibility index (Phi) is 3.34. The van der Waals surface area contributed by atoms with Crippen LogP contribution in [-0.4, -0.2) is 28.0 Å². The summed E-state index contributed by atoms with van der Waals surface area (Å²) in [4.78, 5) is 40.8. The molecule has 1 N–H and O–H groups in total. The lowest BCUT2D eigenvalue weighted by molar-refractivity contribution is -0.167. The number of phenols is 1. The summed E-state index contributed by atoms with van der Waals surface area (Å²) in [5.74, 6) is -1.96. The average molecular weight is 297 g/mol. The summed E-state index contributed by atoms with van der Waals surface area (Å²) < 4.78 is 0. The summed E-state index contributed by atoms with van der Waals surface area (Å²) in [7, 11) is 0. The van der Waals surface area contributed by atoms with Crippen molar-refractivity contribution in [2.24, 2.45) is 0 Å². The van der Waals surface area contributed by atoms with Crippen LogP contribution < -0.4 is 0 Å². The van der Waals surface area contributed by atoms with Crippen molar-refractivity contribution in [1.29, 1.82) is 0 Å². The quantitative estimate of drug-likeness (QED) is 0.872. The van der Waals surface area contributed by atoms with E-state index in [1.165, 1.54) is 24.3 Å². The van der Waals surface area contributed by atoms with Gasteiger partial charge in [-0.3, -0.25) is 9.59 Å². The first-order valence-electron chi connectivity index (χ1n) is 6.53. The van der Waals surface area contributed by atoms with E-state index in [2.05, 4.69) is 0 Å². The average Bonchev–Trinajstić information content (AvgIpc) is 2.75. The molecule has 0 spiro atoms. The van der Waals surface area contributed by atoms with Gasteiger partial charge in [0.05, 0.1) is 17.5 Å². The highest BCUT2D eigenvalue weighted by Gasteiger charge is 2.38. The smallest absolute Gasteiger partial charge is 0.337 e. The molecule has 110 valence electrons. The number of imide groups is 1. The van der Waals surface area contributed by atoms with Crippen molar-refractivity contribution in [2.45, 2.75) is 6.42 Å². The third kappa shape index (κ3) is 2.42. The Balaban J connectivity index is 1.71. The molecule has 0 fully saturated rings. The van der Waals surface area contributed by atoms with Gasteiger partial charge in [-0.25, -0.2) is 4.79 Å². The van der Waals surface area contributed by atoms with Crippen LogP contribution in [0.2, 0.25) is 0 Å². The molecule has 0 bridgehead atoms. The molecule has 0 atom stereocenters. The Morgan fingerprint density at radius 3 is 2.05 bits per heavy atom. The maximum absolute atomic E-state index is 12.0. The highest BCUT2D eigenvalue weighted by Crippen LogP contribution is 2.23. The zero-order valence-corrected chi connectivity index (χ0v) is 11.4. The summed E-state index contributed by atoms with van der Waals surface area (Å²) in [5.41, 5.74) is 1.02. The molecule has 0 aromatic heterocycles. The molecule has 22 heavy (non-hydrogen) atoms. The van der Waals surface area contributed by atoms with E-state index in [-0.39, 0.29) is 23.3 Å². The molecule has 0 aliphatic carbocycles. The van der Waals surface area contributed by atoms with Crippen LogP contribution in [0.1, 0.15) is 26.3 Å². The lowest BCUT2D eigenvalue weighted by Gasteiger charge is -2.12. The SMILES string of the molecule is O=C(Cc1ccc(O)cc1)ON1C(=O)c2ccccc2C1=O. The van der Waals surface area contributed by atoms with Gasteiger partial charge in [-0.05, 0) is 29.8 Å². The molecule has 2 amide bonds. The molecule has 0 saturated heterocycles. The maximum Gasteiger partial charge on any atom is 0.337 e. The third-order valence-corrected chi connectivity index (χ3v) is 3.23. The first-order valence-corrected chi connectivity index (χ1v) is 6.53. The highest BCUT2D eigenvalue weighted by molar-refractivity contribution is 6.20. The van der Waals surface area contributed by atoms with Crippen LogP contribution in [-0.2, 0) is 16.1 Å². The van der Waals surface area contributed by atoms with Gasteiger partial charge in [-0.2, -0.15) is 0 Å². The van der Waals surface area contributed by atoms with E-state index >= 15 is 0 Å². The standard InChI is InChI=1S/C16H11NO5/c18-11-7-5-10(6-8-11)9-14(19)22-17-15(20)12-3-1-2-4-13(12)16(17)21/h1-8,18H,9H2. The minimum absolute atomic E-state index is 0.0810. The number of hydrogen-bond acceptors (Lipinski definition) is 5. The van der Waals surface area contributed by atoms with Crippen molar-refractivity contribution < 1.29 is 24.3 Å². The Morgan fingerprint density at radius 1 is 0.955 bits per heavy atom. The van der Waals surface area contributed by atoms with Crippen molar-refractivity contribution in [1.82, 2.24) is 5.06 Å². The van der Waals surface area contributed by atoms with E-state index in [0.29, 0.717) is 10.6 Å². The largest absolute Gasteiger partial charge is 0.508 e. The predicted molar refractivity (Wildman–Crippen MR) is 74.8 cm³/mol. The van der Waals surface area contributed by atoms with Crippen LogP contribution in [0.4, 0.5) is 0 Å². The molecule has 6 nitrogen and oxygen atoms in total. The van der Waals surface area contributed by atoms with Crippen LogP contribution >= 0.6 is 0 Å². The predicted octanol–water partition coefficient (Wildman–Crippen LogP) is 1.69. The van der Waals surface area contributed by atoms with Gasteiger partial charge in [-0.1, -0.05) is 29.3 Å². The van der Waals surface area contributed by atoms with E-state index in [4.69, 9.17) is 4.84 Å². The highest BCUT2D eigenvalue weighted by atomic mass is 16.7. The first kappa shape index (κ1) is 13.8. The van der Waals surface area contributed by atoms with Gasteiger partial charge in [0.15, 0.2) is 0 Å². The van der Waals surface area contributed by atoms with Crippen LogP contribution in [0, 0.1) is 0 Å². The second kappa shape index (κ2) is 5.33. The van der Waals surface area contributed by atoms with E-state index < -0.39 is 17.8 Å². The number of hydrogen-bond donors (Lipinski definition) is 1. The van der Waals surface area contributed by atoms with Gasteiger partial charge >= 0.3 is 5.97 Å². The number of carbonyl (C=O) groups is 3. The third-order valence-electron chi connectivity index (χ3n) is 3.23.